The second-order valence-electron chi connectivity index (χ2n) is 6.23. The van der Waals surface area contributed by atoms with Crippen LogP contribution in [0.4, 0.5) is 5.69 Å². The molecule has 0 aliphatic carbocycles. The van der Waals surface area contributed by atoms with Crippen LogP contribution in [0.15, 0.2) is 16.6 Å². The zero-order valence-electron chi connectivity index (χ0n) is 15.7. The fraction of sp³-hybridized carbons (Fsp3) is 0.526. The first-order valence-corrected chi connectivity index (χ1v) is 10.4. The molecule has 1 N–H and O–H groups in total. The molecule has 1 rings (SSSR count). The van der Waals surface area contributed by atoms with Crippen LogP contribution >= 0.6 is 27.7 Å². The number of carbonyl (C=O) groups is 3. The van der Waals surface area contributed by atoms with Gasteiger partial charge in [0.15, 0.2) is 5.12 Å². The minimum absolute atomic E-state index is 0.0302. The molecular weight excluding hydrogens is 418 g/mol. The summed E-state index contributed by atoms with van der Waals surface area (Å²) in [4.78, 5) is 37.6. The van der Waals surface area contributed by atoms with Gasteiger partial charge in [0.2, 0.25) is 5.91 Å². The van der Waals surface area contributed by atoms with Crippen molar-refractivity contribution >= 4 is 50.4 Å². The van der Waals surface area contributed by atoms with Gasteiger partial charge in [-0.3, -0.25) is 14.5 Å². The van der Waals surface area contributed by atoms with Crippen molar-refractivity contribution < 1.29 is 19.5 Å². The first-order chi connectivity index (χ1) is 12.2. The van der Waals surface area contributed by atoms with Crippen molar-refractivity contribution in [3.63, 3.8) is 0 Å². The van der Waals surface area contributed by atoms with Gasteiger partial charge in [-0.25, -0.2) is 4.79 Å². The standard InChI is InChI=1S/C19H26BrNO4S/c1-5-6-7-8-17(23)26-11-16(22)21(14(4)19(24)25)18-12(2)9-10-15(20)13(18)3/h9-10,14H,5-8,11H2,1-4H3,(H,24,25)/t14-/m0/s1. The summed E-state index contributed by atoms with van der Waals surface area (Å²) in [6.07, 6.45) is 3.27. The van der Waals surface area contributed by atoms with Gasteiger partial charge in [-0.1, -0.05) is 53.5 Å². The van der Waals surface area contributed by atoms with Gasteiger partial charge in [0.05, 0.1) is 11.4 Å². The number of unbranched alkanes of at least 4 members (excludes halogenated alkanes) is 2. The predicted octanol–water partition coefficient (Wildman–Crippen LogP) is 4.71. The summed E-state index contributed by atoms with van der Waals surface area (Å²) in [6.45, 7) is 7.22. The average molecular weight is 444 g/mol. The smallest absolute Gasteiger partial charge is 0.326 e. The SMILES string of the molecule is CCCCCC(=O)SCC(=O)N(c1c(C)ccc(Br)c1C)[C@@H](C)C(=O)O. The molecule has 0 radical (unpaired) electrons. The highest BCUT2D eigenvalue weighted by atomic mass is 79.9. The molecule has 5 nitrogen and oxygen atoms in total. The monoisotopic (exact) mass is 443 g/mol. The maximum absolute atomic E-state index is 12.8. The Balaban J connectivity index is 3.02. The number of carboxylic acids is 1. The van der Waals surface area contributed by atoms with Crippen molar-refractivity contribution in [2.75, 3.05) is 10.7 Å². The quantitative estimate of drug-likeness (QED) is 0.559. The summed E-state index contributed by atoms with van der Waals surface area (Å²) in [5.74, 6) is -1.53. The van der Waals surface area contributed by atoms with Crippen molar-refractivity contribution in [2.24, 2.45) is 0 Å². The molecule has 0 aliphatic rings. The lowest BCUT2D eigenvalue weighted by Gasteiger charge is -2.30. The molecule has 1 amide bonds. The fourth-order valence-corrected chi connectivity index (χ4v) is 3.66. The molecular formula is C19H26BrNO4S. The number of carbonyl (C=O) groups excluding carboxylic acids is 2. The summed E-state index contributed by atoms with van der Waals surface area (Å²) in [5.41, 5.74) is 2.19. The van der Waals surface area contributed by atoms with E-state index in [0.29, 0.717) is 12.1 Å². The van der Waals surface area contributed by atoms with E-state index < -0.39 is 12.0 Å². The van der Waals surface area contributed by atoms with Gasteiger partial charge in [-0.2, -0.15) is 0 Å². The highest BCUT2D eigenvalue weighted by molar-refractivity contribution is 9.10. The Hall–Kier alpha value is -1.34. The number of aryl methyl sites for hydroxylation is 1. The number of anilines is 1. The van der Waals surface area contributed by atoms with Crippen LogP contribution in [0, 0.1) is 13.8 Å². The minimum atomic E-state index is -1.09. The van der Waals surface area contributed by atoms with Gasteiger partial charge in [0.1, 0.15) is 6.04 Å². The molecule has 0 saturated heterocycles. The molecule has 144 valence electrons. The third kappa shape index (κ3) is 6.13. The molecule has 0 bridgehead atoms. The maximum atomic E-state index is 12.8. The summed E-state index contributed by atoms with van der Waals surface area (Å²) >= 11 is 4.40. The number of benzene rings is 1. The normalized spacial score (nSPS) is 11.9. The Labute approximate surface area is 167 Å². The van der Waals surface area contributed by atoms with E-state index in [0.717, 1.165) is 46.6 Å². The van der Waals surface area contributed by atoms with Crippen LogP contribution in [0.2, 0.25) is 0 Å². The van der Waals surface area contributed by atoms with Gasteiger partial charge in [0, 0.05) is 10.9 Å². The lowest BCUT2D eigenvalue weighted by Crippen LogP contribution is -2.45. The highest BCUT2D eigenvalue weighted by Gasteiger charge is 2.30. The lowest BCUT2D eigenvalue weighted by molar-refractivity contribution is -0.139. The van der Waals surface area contributed by atoms with Crippen molar-refractivity contribution in [1.29, 1.82) is 0 Å². The highest BCUT2D eigenvalue weighted by Crippen LogP contribution is 2.32. The van der Waals surface area contributed by atoms with Gasteiger partial charge in [-0.15, -0.1) is 0 Å². The molecule has 26 heavy (non-hydrogen) atoms. The number of carboxylic acid groups (broad SMARTS) is 1. The number of hydrogen-bond acceptors (Lipinski definition) is 4. The number of rotatable bonds is 9. The van der Waals surface area contributed by atoms with E-state index >= 15 is 0 Å². The second-order valence-corrected chi connectivity index (χ2v) is 8.12. The van der Waals surface area contributed by atoms with Crippen LogP contribution in [0.3, 0.4) is 0 Å². The Kier molecular flexibility index (Phi) is 9.36. The Bertz CT molecular complexity index is 678. The molecule has 0 aromatic heterocycles. The number of amides is 1. The summed E-state index contributed by atoms with van der Waals surface area (Å²) in [5, 5.41) is 9.42. The Morgan fingerprint density at radius 1 is 1.23 bits per heavy atom. The molecule has 0 heterocycles. The van der Waals surface area contributed by atoms with Crippen LogP contribution < -0.4 is 4.90 Å². The number of nitrogens with zero attached hydrogens (tertiary/aromatic N) is 1. The number of thioether (sulfide) groups is 1. The lowest BCUT2D eigenvalue weighted by atomic mass is 10.1. The molecule has 1 aromatic rings. The van der Waals surface area contributed by atoms with Crippen molar-refractivity contribution in [2.45, 2.75) is 59.4 Å². The Morgan fingerprint density at radius 2 is 1.88 bits per heavy atom. The molecule has 0 spiro atoms. The van der Waals surface area contributed by atoms with Gasteiger partial charge in [-0.05, 0) is 44.4 Å². The van der Waals surface area contributed by atoms with E-state index in [1.54, 1.807) is 0 Å². The van der Waals surface area contributed by atoms with Crippen molar-refractivity contribution in [3.05, 3.63) is 27.7 Å². The zero-order valence-corrected chi connectivity index (χ0v) is 18.1. The number of hydrogen-bond donors (Lipinski definition) is 1. The van der Waals surface area contributed by atoms with Gasteiger partial charge >= 0.3 is 5.97 Å². The predicted molar refractivity (Wildman–Crippen MR) is 110 cm³/mol. The molecule has 0 aliphatic heterocycles. The van der Waals surface area contributed by atoms with E-state index in [-0.39, 0.29) is 16.8 Å². The van der Waals surface area contributed by atoms with E-state index in [4.69, 9.17) is 0 Å². The summed E-state index contributed by atoms with van der Waals surface area (Å²) in [6, 6.07) is 2.68. The Morgan fingerprint density at radius 3 is 2.46 bits per heavy atom. The number of halogens is 1. The largest absolute Gasteiger partial charge is 0.480 e. The average Bonchev–Trinajstić information content (AvgIpc) is 2.59. The van der Waals surface area contributed by atoms with Crippen molar-refractivity contribution in [1.82, 2.24) is 0 Å². The van der Waals surface area contributed by atoms with Crippen LogP contribution in [-0.4, -0.2) is 33.9 Å². The minimum Gasteiger partial charge on any atom is -0.480 e. The van der Waals surface area contributed by atoms with E-state index in [1.165, 1.54) is 11.8 Å². The molecule has 7 heteroatoms. The third-order valence-corrected chi connectivity index (χ3v) is 5.94. The van der Waals surface area contributed by atoms with Crippen LogP contribution in [0.5, 0.6) is 0 Å². The molecule has 0 saturated carbocycles. The fourth-order valence-electron chi connectivity index (χ4n) is 2.63. The van der Waals surface area contributed by atoms with Gasteiger partial charge in [0.25, 0.3) is 0 Å². The van der Waals surface area contributed by atoms with Crippen LogP contribution in [0.1, 0.15) is 50.7 Å². The molecule has 1 atom stereocenters. The maximum Gasteiger partial charge on any atom is 0.326 e. The topological polar surface area (TPSA) is 74.7 Å². The summed E-state index contributed by atoms with van der Waals surface area (Å²) in [7, 11) is 0. The second kappa shape index (κ2) is 10.7. The molecule has 1 aromatic carbocycles. The summed E-state index contributed by atoms with van der Waals surface area (Å²) < 4.78 is 0.803. The molecule has 0 fully saturated rings. The van der Waals surface area contributed by atoms with Crippen molar-refractivity contribution in [3.8, 4) is 0 Å². The van der Waals surface area contributed by atoms with E-state index in [1.807, 2.05) is 26.0 Å². The third-order valence-electron chi connectivity index (χ3n) is 4.16. The van der Waals surface area contributed by atoms with E-state index in [9.17, 15) is 19.5 Å². The van der Waals surface area contributed by atoms with Crippen LogP contribution in [-0.2, 0) is 14.4 Å². The first-order valence-electron chi connectivity index (χ1n) is 8.66. The van der Waals surface area contributed by atoms with Gasteiger partial charge < -0.3 is 5.11 Å². The zero-order chi connectivity index (χ0) is 19.9. The van der Waals surface area contributed by atoms with E-state index in [2.05, 4.69) is 22.9 Å². The number of aliphatic carboxylic acids is 1. The molecule has 0 unspecified atom stereocenters. The van der Waals surface area contributed by atoms with Crippen LogP contribution in [0.25, 0.3) is 0 Å². The first kappa shape index (κ1) is 22.7.